The van der Waals surface area contributed by atoms with Crippen LogP contribution in [-0.2, 0) is 22.4 Å². The second kappa shape index (κ2) is 9.09. The standard InChI is InChI=1S/C31H30N2O5/c1-30-14-15-31(38-30,16-18-37-22-11-8-20(9-12-22)5-4-17-34)27-26(30)28(35)33(29(27)36)25-13-10-21(19-32)23-6-2-3-7-24(23)25/h2-3,6-13,34-36H,4-5,14-18H2,1H3/t30-,31-/m0/s1. The maximum atomic E-state index is 11.6. The number of aliphatic hydroxyl groups excluding tert-OH is 1. The van der Waals surface area contributed by atoms with E-state index >= 15 is 0 Å². The lowest BCUT2D eigenvalue weighted by Gasteiger charge is -2.26. The van der Waals surface area contributed by atoms with Crippen LogP contribution in [0.4, 0.5) is 0 Å². The molecule has 194 valence electrons. The fraction of sp³-hybridized carbons (Fsp3) is 0.323. The summed E-state index contributed by atoms with van der Waals surface area (Å²) in [7, 11) is 0. The van der Waals surface area contributed by atoms with Gasteiger partial charge in [-0.3, -0.25) is 4.57 Å². The summed E-state index contributed by atoms with van der Waals surface area (Å²) in [6.45, 7) is 2.52. The molecule has 0 aliphatic carbocycles. The lowest BCUT2D eigenvalue weighted by molar-refractivity contribution is -0.0876. The molecule has 1 saturated heterocycles. The Morgan fingerprint density at radius 3 is 2.45 bits per heavy atom. The number of aromatic nitrogens is 1. The minimum absolute atomic E-state index is 0.0316. The summed E-state index contributed by atoms with van der Waals surface area (Å²) >= 11 is 0. The molecule has 2 atom stereocenters. The van der Waals surface area contributed by atoms with Crippen molar-refractivity contribution in [1.29, 1.82) is 5.26 Å². The number of benzene rings is 3. The summed E-state index contributed by atoms with van der Waals surface area (Å²) in [6.07, 6.45) is 3.52. The van der Waals surface area contributed by atoms with E-state index in [0.717, 1.165) is 41.3 Å². The van der Waals surface area contributed by atoms with Gasteiger partial charge in [0, 0.05) is 23.8 Å². The molecule has 38 heavy (non-hydrogen) atoms. The van der Waals surface area contributed by atoms with Crippen LogP contribution in [0.1, 0.15) is 54.9 Å². The van der Waals surface area contributed by atoms with Crippen LogP contribution in [-0.4, -0.2) is 33.1 Å². The van der Waals surface area contributed by atoms with Crippen molar-refractivity contribution < 1.29 is 24.8 Å². The Balaban J connectivity index is 1.33. The molecule has 0 saturated carbocycles. The molecule has 7 nitrogen and oxygen atoms in total. The fourth-order valence-corrected chi connectivity index (χ4v) is 6.28. The number of aliphatic hydroxyl groups is 1. The van der Waals surface area contributed by atoms with Crippen molar-refractivity contribution in [3.05, 3.63) is 82.9 Å². The average Bonchev–Trinajstić information content (AvgIpc) is 3.51. The molecule has 2 aliphatic rings. The van der Waals surface area contributed by atoms with Crippen molar-refractivity contribution in [3.8, 4) is 29.3 Å². The summed E-state index contributed by atoms with van der Waals surface area (Å²) in [4.78, 5) is 0. The lowest BCUT2D eigenvalue weighted by atomic mass is 9.78. The number of rotatable bonds is 8. The summed E-state index contributed by atoms with van der Waals surface area (Å²) < 4.78 is 14.1. The first kappa shape index (κ1) is 24.4. The molecule has 1 fully saturated rings. The van der Waals surface area contributed by atoms with Gasteiger partial charge in [0.15, 0.2) is 0 Å². The van der Waals surface area contributed by atoms with Gasteiger partial charge < -0.3 is 24.8 Å². The molecule has 2 aliphatic heterocycles. The van der Waals surface area contributed by atoms with Crippen LogP contribution in [0.25, 0.3) is 16.5 Å². The molecule has 2 bridgehead atoms. The number of aromatic hydroxyl groups is 2. The van der Waals surface area contributed by atoms with Crippen molar-refractivity contribution in [2.24, 2.45) is 0 Å². The fourth-order valence-electron chi connectivity index (χ4n) is 6.28. The molecule has 3 heterocycles. The third-order valence-corrected chi connectivity index (χ3v) is 8.12. The van der Waals surface area contributed by atoms with Gasteiger partial charge in [-0.2, -0.15) is 5.26 Å². The van der Waals surface area contributed by atoms with Gasteiger partial charge in [-0.15, -0.1) is 0 Å². The molecule has 0 amide bonds. The Morgan fingerprint density at radius 1 is 0.974 bits per heavy atom. The van der Waals surface area contributed by atoms with Gasteiger partial charge in [-0.25, -0.2) is 0 Å². The number of nitrogens with zero attached hydrogens (tertiary/aromatic N) is 2. The lowest BCUT2D eigenvalue weighted by Crippen LogP contribution is -2.25. The van der Waals surface area contributed by atoms with Gasteiger partial charge in [-0.05, 0) is 62.4 Å². The van der Waals surface area contributed by atoms with Crippen molar-refractivity contribution in [1.82, 2.24) is 4.57 Å². The van der Waals surface area contributed by atoms with Gasteiger partial charge >= 0.3 is 0 Å². The molecule has 0 unspecified atom stereocenters. The third-order valence-electron chi connectivity index (χ3n) is 8.12. The van der Waals surface area contributed by atoms with Gasteiger partial charge in [0.1, 0.15) is 11.4 Å². The van der Waals surface area contributed by atoms with Gasteiger partial charge in [0.05, 0.1) is 40.7 Å². The Bertz CT molecular complexity index is 1570. The third kappa shape index (κ3) is 3.64. The molecule has 7 heteroatoms. The SMILES string of the molecule is C[C@@]12CC[C@@](CCOc3ccc(CCCO)cc3)(O1)c1c2c(O)n(-c2ccc(C#N)c3ccccc23)c1O. The predicted molar refractivity (Wildman–Crippen MR) is 143 cm³/mol. The maximum Gasteiger partial charge on any atom is 0.205 e. The first-order valence-electron chi connectivity index (χ1n) is 13.0. The zero-order chi connectivity index (χ0) is 26.5. The Hall–Kier alpha value is -3.99. The highest BCUT2D eigenvalue weighted by Crippen LogP contribution is 2.65. The normalized spacial score (nSPS) is 21.5. The monoisotopic (exact) mass is 510 g/mol. The van der Waals surface area contributed by atoms with Crippen LogP contribution in [0.2, 0.25) is 0 Å². The number of hydrogen-bond donors (Lipinski definition) is 3. The van der Waals surface area contributed by atoms with E-state index in [-0.39, 0.29) is 18.4 Å². The highest BCUT2D eigenvalue weighted by atomic mass is 16.5. The van der Waals surface area contributed by atoms with Gasteiger partial charge in [0.25, 0.3) is 0 Å². The zero-order valence-electron chi connectivity index (χ0n) is 21.3. The van der Waals surface area contributed by atoms with E-state index in [1.165, 1.54) is 4.57 Å². The second-order valence-corrected chi connectivity index (χ2v) is 10.4. The summed E-state index contributed by atoms with van der Waals surface area (Å²) in [5.74, 6) is 0.682. The topological polar surface area (TPSA) is 108 Å². The number of aryl methyl sites for hydroxylation is 1. The molecule has 6 rings (SSSR count). The van der Waals surface area contributed by atoms with Crippen molar-refractivity contribution in [2.45, 2.75) is 50.2 Å². The molecule has 3 aromatic carbocycles. The number of hydrogen-bond acceptors (Lipinski definition) is 6. The van der Waals surface area contributed by atoms with E-state index in [9.17, 15) is 15.5 Å². The number of nitriles is 1. The van der Waals surface area contributed by atoms with E-state index in [2.05, 4.69) is 6.07 Å². The zero-order valence-corrected chi connectivity index (χ0v) is 21.3. The quantitative estimate of drug-likeness (QED) is 0.287. The number of fused-ring (bicyclic) bond motifs is 6. The molecule has 0 radical (unpaired) electrons. The number of ether oxygens (including phenoxy) is 2. The van der Waals surface area contributed by atoms with Crippen molar-refractivity contribution in [2.75, 3.05) is 13.2 Å². The van der Waals surface area contributed by atoms with E-state index in [1.807, 2.05) is 55.5 Å². The predicted octanol–water partition coefficient (Wildman–Crippen LogP) is 5.54. The summed E-state index contributed by atoms with van der Waals surface area (Å²) in [5, 5.41) is 43.2. The van der Waals surface area contributed by atoms with Gasteiger partial charge in [-0.1, -0.05) is 36.4 Å². The van der Waals surface area contributed by atoms with Crippen molar-refractivity contribution in [3.63, 3.8) is 0 Å². The molecule has 3 N–H and O–H groups in total. The minimum atomic E-state index is -0.764. The van der Waals surface area contributed by atoms with Crippen LogP contribution < -0.4 is 4.74 Å². The van der Waals surface area contributed by atoms with E-state index < -0.39 is 11.2 Å². The molecule has 4 aromatic rings. The first-order valence-corrected chi connectivity index (χ1v) is 13.0. The first-order chi connectivity index (χ1) is 18.4. The van der Waals surface area contributed by atoms with Crippen LogP contribution in [0, 0.1) is 11.3 Å². The second-order valence-electron chi connectivity index (χ2n) is 10.4. The highest BCUT2D eigenvalue weighted by molar-refractivity contribution is 5.95. The Morgan fingerprint density at radius 2 is 1.71 bits per heavy atom. The highest BCUT2D eigenvalue weighted by Gasteiger charge is 2.61. The van der Waals surface area contributed by atoms with Gasteiger partial charge in [0.2, 0.25) is 11.8 Å². The molecule has 1 aromatic heterocycles. The van der Waals surface area contributed by atoms with Crippen LogP contribution >= 0.6 is 0 Å². The average molecular weight is 511 g/mol. The smallest absolute Gasteiger partial charge is 0.205 e. The summed E-state index contributed by atoms with van der Waals surface area (Å²) in [5.41, 5.74) is 2.08. The van der Waals surface area contributed by atoms with E-state index in [1.54, 1.807) is 12.1 Å². The Kier molecular flexibility index (Phi) is 5.82. The van der Waals surface area contributed by atoms with Crippen LogP contribution in [0.15, 0.2) is 60.7 Å². The van der Waals surface area contributed by atoms with E-state index in [0.29, 0.717) is 41.8 Å². The summed E-state index contributed by atoms with van der Waals surface area (Å²) in [6, 6.07) is 21.1. The van der Waals surface area contributed by atoms with Crippen molar-refractivity contribution >= 4 is 10.8 Å². The van der Waals surface area contributed by atoms with E-state index in [4.69, 9.17) is 14.6 Å². The molecular formula is C31H30N2O5. The minimum Gasteiger partial charge on any atom is -0.494 e. The molecule has 0 spiro atoms. The molecular weight excluding hydrogens is 480 g/mol. The Labute approximate surface area is 221 Å². The van der Waals surface area contributed by atoms with Crippen LogP contribution in [0.5, 0.6) is 17.5 Å². The largest absolute Gasteiger partial charge is 0.494 e. The maximum absolute atomic E-state index is 11.6. The van der Waals surface area contributed by atoms with Crippen LogP contribution in [0.3, 0.4) is 0 Å².